The lowest BCUT2D eigenvalue weighted by atomic mass is 10.0. The lowest BCUT2D eigenvalue weighted by molar-refractivity contribution is 0.112. The fourth-order valence-electron chi connectivity index (χ4n) is 1.72. The highest BCUT2D eigenvalue weighted by Crippen LogP contribution is 2.31. The van der Waals surface area contributed by atoms with E-state index < -0.39 is 0 Å². The van der Waals surface area contributed by atoms with Crippen LogP contribution < -0.4 is 4.74 Å². The summed E-state index contributed by atoms with van der Waals surface area (Å²) in [5.74, 6) is 0.794. The fraction of sp³-hybridized carbons (Fsp3) is 0.0714. The Kier molecular flexibility index (Phi) is 3.59. The van der Waals surface area contributed by atoms with Crippen LogP contribution >= 0.6 is 15.9 Å². The van der Waals surface area contributed by atoms with Gasteiger partial charge in [0, 0.05) is 15.6 Å². The summed E-state index contributed by atoms with van der Waals surface area (Å²) in [7, 11) is 1.64. The topological polar surface area (TPSA) is 26.3 Å². The minimum atomic E-state index is 0.639. The lowest BCUT2D eigenvalue weighted by Gasteiger charge is -2.09. The van der Waals surface area contributed by atoms with E-state index in [0.29, 0.717) is 5.56 Å². The second-order valence-corrected chi connectivity index (χ2v) is 4.51. The van der Waals surface area contributed by atoms with Crippen molar-refractivity contribution in [3.05, 3.63) is 52.5 Å². The van der Waals surface area contributed by atoms with Gasteiger partial charge in [-0.3, -0.25) is 4.79 Å². The number of rotatable bonds is 3. The van der Waals surface area contributed by atoms with Gasteiger partial charge >= 0.3 is 0 Å². The summed E-state index contributed by atoms with van der Waals surface area (Å²) in [5, 5.41) is 0. The van der Waals surface area contributed by atoms with Crippen LogP contribution in [-0.4, -0.2) is 13.4 Å². The molecule has 0 amide bonds. The van der Waals surface area contributed by atoms with E-state index in [1.54, 1.807) is 13.2 Å². The standard InChI is InChI=1S/C14H11BrO2/c1-17-14-5-3-2-4-13(14)11-6-10(9-16)7-12(15)8-11/h2-9H,1H3. The highest BCUT2D eigenvalue weighted by molar-refractivity contribution is 9.10. The van der Waals surface area contributed by atoms with Gasteiger partial charge in [0.25, 0.3) is 0 Å². The largest absolute Gasteiger partial charge is 0.496 e. The molecule has 17 heavy (non-hydrogen) atoms. The molecule has 0 unspecified atom stereocenters. The Labute approximate surface area is 108 Å². The lowest BCUT2D eigenvalue weighted by Crippen LogP contribution is -1.89. The SMILES string of the molecule is COc1ccccc1-c1cc(Br)cc(C=O)c1. The van der Waals surface area contributed by atoms with Gasteiger partial charge in [0.05, 0.1) is 7.11 Å². The van der Waals surface area contributed by atoms with Crippen LogP contribution in [0.5, 0.6) is 5.75 Å². The molecule has 2 rings (SSSR count). The maximum absolute atomic E-state index is 10.8. The summed E-state index contributed by atoms with van der Waals surface area (Å²) in [6.45, 7) is 0. The van der Waals surface area contributed by atoms with Crippen LogP contribution in [-0.2, 0) is 0 Å². The van der Waals surface area contributed by atoms with Crippen LogP contribution in [0.15, 0.2) is 46.9 Å². The number of hydrogen-bond acceptors (Lipinski definition) is 2. The predicted octanol–water partition coefficient (Wildman–Crippen LogP) is 3.94. The Morgan fingerprint density at radius 3 is 2.65 bits per heavy atom. The van der Waals surface area contributed by atoms with Crippen molar-refractivity contribution in [3.63, 3.8) is 0 Å². The molecule has 0 saturated carbocycles. The maximum atomic E-state index is 10.8. The number of halogens is 1. The van der Waals surface area contributed by atoms with Gasteiger partial charge in [-0.15, -0.1) is 0 Å². The molecule has 0 N–H and O–H groups in total. The Morgan fingerprint density at radius 1 is 1.18 bits per heavy atom. The van der Waals surface area contributed by atoms with E-state index in [9.17, 15) is 4.79 Å². The van der Waals surface area contributed by atoms with Crippen molar-refractivity contribution < 1.29 is 9.53 Å². The molecule has 0 saturated heterocycles. The first-order valence-corrected chi connectivity index (χ1v) is 5.93. The van der Waals surface area contributed by atoms with Crippen molar-refractivity contribution in [3.8, 4) is 16.9 Å². The fourth-order valence-corrected chi connectivity index (χ4v) is 2.23. The monoisotopic (exact) mass is 290 g/mol. The summed E-state index contributed by atoms with van der Waals surface area (Å²) in [6.07, 6.45) is 0.837. The molecule has 0 spiro atoms. The zero-order chi connectivity index (χ0) is 12.3. The zero-order valence-electron chi connectivity index (χ0n) is 9.31. The first kappa shape index (κ1) is 11.9. The third-order valence-corrected chi connectivity index (χ3v) is 2.93. The van der Waals surface area contributed by atoms with Gasteiger partial charge in [-0.25, -0.2) is 0 Å². The first-order valence-electron chi connectivity index (χ1n) is 5.14. The predicted molar refractivity (Wildman–Crippen MR) is 71.5 cm³/mol. The third-order valence-electron chi connectivity index (χ3n) is 2.47. The van der Waals surface area contributed by atoms with E-state index in [0.717, 1.165) is 27.6 Å². The molecule has 3 heteroatoms. The molecule has 2 aromatic carbocycles. The summed E-state index contributed by atoms with van der Waals surface area (Å²) in [4.78, 5) is 10.8. The number of ether oxygens (including phenoxy) is 1. The van der Waals surface area contributed by atoms with Gasteiger partial charge in [0.2, 0.25) is 0 Å². The summed E-state index contributed by atoms with van der Waals surface area (Å²) in [6, 6.07) is 13.3. The maximum Gasteiger partial charge on any atom is 0.150 e. The van der Waals surface area contributed by atoms with Crippen molar-refractivity contribution in [2.45, 2.75) is 0 Å². The summed E-state index contributed by atoms with van der Waals surface area (Å²) >= 11 is 3.40. The smallest absolute Gasteiger partial charge is 0.150 e. The second-order valence-electron chi connectivity index (χ2n) is 3.59. The van der Waals surface area contributed by atoms with E-state index in [1.165, 1.54) is 0 Å². The average molecular weight is 291 g/mol. The van der Waals surface area contributed by atoms with Gasteiger partial charge in [-0.2, -0.15) is 0 Å². The number of benzene rings is 2. The van der Waals surface area contributed by atoms with Gasteiger partial charge in [0.15, 0.2) is 0 Å². The van der Waals surface area contributed by atoms with Crippen molar-refractivity contribution in [2.75, 3.05) is 7.11 Å². The Bertz CT molecular complexity index is 550. The van der Waals surface area contributed by atoms with Gasteiger partial charge in [-0.05, 0) is 29.8 Å². The summed E-state index contributed by atoms with van der Waals surface area (Å²) < 4.78 is 6.19. The average Bonchev–Trinajstić information content (AvgIpc) is 2.37. The minimum Gasteiger partial charge on any atom is -0.496 e. The zero-order valence-corrected chi connectivity index (χ0v) is 10.9. The number of carbonyl (C=O) groups is 1. The molecular weight excluding hydrogens is 280 g/mol. The summed E-state index contributed by atoms with van der Waals surface area (Å²) in [5.41, 5.74) is 2.57. The van der Waals surface area contributed by atoms with Crippen LogP contribution in [0.1, 0.15) is 10.4 Å². The number of hydrogen-bond donors (Lipinski definition) is 0. The molecule has 0 aromatic heterocycles. The Balaban J connectivity index is 2.59. The molecular formula is C14H11BrO2. The van der Waals surface area contributed by atoms with E-state index in [2.05, 4.69) is 15.9 Å². The van der Waals surface area contributed by atoms with Crippen LogP contribution in [0.4, 0.5) is 0 Å². The van der Waals surface area contributed by atoms with Crippen molar-refractivity contribution in [1.82, 2.24) is 0 Å². The molecule has 0 heterocycles. The van der Waals surface area contributed by atoms with Gasteiger partial charge < -0.3 is 4.74 Å². The Morgan fingerprint density at radius 2 is 1.94 bits per heavy atom. The molecule has 0 fully saturated rings. The number of carbonyl (C=O) groups excluding carboxylic acids is 1. The highest BCUT2D eigenvalue weighted by atomic mass is 79.9. The van der Waals surface area contributed by atoms with Crippen LogP contribution in [0.25, 0.3) is 11.1 Å². The van der Waals surface area contributed by atoms with Crippen molar-refractivity contribution in [1.29, 1.82) is 0 Å². The number of methoxy groups -OCH3 is 1. The first-order chi connectivity index (χ1) is 8.24. The van der Waals surface area contributed by atoms with Crippen molar-refractivity contribution >= 4 is 22.2 Å². The quantitative estimate of drug-likeness (QED) is 0.801. The number of para-hydroxylation sites is 1. The van der Waals surface area contributed by atoms with Gasteiger partial charge in [-0.1, -0.05) is 34.1 Å². The molecule has 2 nitrogen and oxygen atoms in total. The third kappa shape index (κ3) is 2.56. The highest BCUT2D eigenvalue weighted by Gasteiger charge is 2.06. The second kappa shape index (κ2) is 5.15. The molecule has 0 aliphatic carbocycles. The van der Waals surface area contributed by atoms with Gasteiger partial charge in [0.1, 0.15) is 12.0 Å². The molecule has 0 aliphatic rings. The van der Waals surface area contributed by atoms with Crippen LogP contribution in [0.2, 0.25) is 0 Å². The molecule has 86 valence electrons. The molecule has 0 atom stereocenters. The molecule has 2 aromatic rings. The molecule has 0 radical (unpaired) electrons. The molecule has 0 aliphatic heterocycles. The van der Waals surface area contributed by atoms with Crippen molar-refractivity contribution in [2.24, 2.45) is 0 Å². The van der Waals surface area contributed by atoms with E-state index in [-0.39, 0.29) is 0 Å². The Hall–Kier alpha value is -1.61. The van der Waals surface area contributed by atoms with Crippen LogP contribution in [0.3, 0.4) is 0 Å². The van der Waals surface area contributed by atoms with E-state index >= 15 is 0 Å². The van der Waals surface area contributed by atoms with Crippen LogP contribution in [0, 0.1) is 0 Å². The normalized spacial score (nSPS) is 10.0. The van der Waals surface area contributed by atoms with E-state index in [1.807, 2.05) is 36.4 Å². The molecule has 0 bridgehead atoms. The van der Waals surface area contributed by atoms with E-state index in [4.69, 9.17) is 4.74 Å². The number of aldehydes is 1. The minimum absolute atomic E-state index is 0.639.